The summed E-state index contributed by atoms with van der Waals surface area (Å²) in [5, 5.41) is 9.54. The molecule has 1 fully saturated rings. The van der Waals surface area contributed by atoms with Crippen LogP contribution in [0.4, 0.5) is 11.6 Å². The first-order valence-electron chi connectivity index (χ1n) is 6.24. The molecule has 0 aromatic carbocycles. The van der Waals surface area contributed by atoms with E-state index in [9.17, 15) is 5.11 Å². The lowest BCUT2D eigenvalue weighted by Crippen LogP contribution is -2.25. The van der Waals surface area contributed by atoms with Crippen LogP contribution >= 0.6 is 0 Å². The maximum atomic E-state index is 9.54. The van der Waals surface area contributed by atoms with Crippen molar-refractivity contribution < 1.29 is 5.11 Å². The number of β-amino-alcohol motifs (C(OH)–C–C–N with tert-alkyl or cyclic N) is 1. The van der Waals surface area contributed by atoms with Crippen LogP contribution < -0.4 is 9.80 Å². The van der Waals surface area contributed by atoms with Crippen molar-refractivity contribution in [2.75, 3.05) is 36.0 Å². The predicted molar refractivity (Wildman–Crippen MR) is 68.4 cm³/mol. The van der Waals surface area contributed by atoms with E-state index in [4.69, 9.17) is 0 Å². The van der Waals surface area contributed by atoms with Gasteiger partial charge in [0.25, 0.3) is 0 Å². The number of nitrogens with zero attached hydrogens (tertiary/aromatic N) is 4. The summed E-state index contributed by atoms with van der Waals surface area (Å²) in [7, 11) is 0. The second-order valence-electron chi connectivity index (χ2n) is 4.30. The predicted octanol–water partition coefficient (Wildman–Crippen LogP) is 0.894. The molecule has 0 bridgehead atoms. The average molecular weight is 236 g/mol. The van der Waals surface area contributed by atoms with Gasteiger partial charge in [-0.15, -0.1) is 0 Å². The zero-order valence-electron chi connectivity index (χ0n) is 10.5. The molecule has 1 aliphatic rings. The first-order valence-corrected chi connectivity index (χ1v) is 6.24. The molecule has 1 aliphatic heterocycles. The Hall–Kier alpha value is -1.36. The zero-order chi connectivity index (χ0) is 12.3. The highest BCUT2D eigenvalue weighted by Crippen LogP contribution is 2.21. The van der Waals surface area contributed by atoms with Crippen molar-refractivity contribution in [3.63, 3.8) is 0 Å². The van der Waals surface area contributed by atoms with Gasteiger partial charge in [0.05, 0.1) is 6.10 Å². The molecule has 17 heavy (non-hydrogen) atoms. The van der Waals surface area contributed by atoms with E-state index in [0.29, 0.717) is 6.54 Å². The van der Waals surface area contributed by atoms with E-state index in [0.717, 1.165) is 37.7 Å². The molecule has 1 aromatic rings. The van der Waals surface area contributed by atoms with E-state index in [1.807, 2.05) is 6.07 Å². The molecule has 1 aromatic heterocycles. The molecule has 0 amide bonds. The largest absolute Gasteiger partial charge is 0.391 e. The van der Waals surface area contributed by atoms with Crippen LogP contribution in [0.3, 0.4) is 0 Å². The number of aromatic nitrogens is 2. The SMILES string of the molecule is CCN(CC)c1cc(N2CCC(O)C2)ncn1. The van der Waals surface area contributed by atoms with Crippen LogP contribution in [0.25, 0.3) is 0 Å². The van der Waals surface area contributed by atoms with Crippen LogP contribution in [0, 0.1) is 0 Å². The lowest BCUT2D eigenvalue weighted by atomic mass is 10.3. The Morgan fingerprint density at radius 3 is 2.76 bits per heavy atom. The van der Waals surface area contributed by atoms with Gasteiger partial charge in [0.2, 0.25) is 0 Å². The van der Waals surface area contributed by atoms with Gasteiger partial charge in [-0.25, -0.2) is 9.97 Å². The highest BCUT2D eigenvalue weighted by Gasteiger charge is 2.21. The molecule has 0 spiro atoms. The van der Waals surface area contributed by atoms with Crippen LogP contribution in [0.2, 0.25) is 0 Å². The maximum Gasteiger partial charge on any atom is 0.134 e. The number of aliphatic hydroxyl groups is 1. The maximum absolute atomic E-state index is 9.54. The number of rotatable bonds is 4. The van der Waals surface area contributed by atoms with Crippen LogP contribution in [-0.4, -0.2) is 47.4 Å². The molecule has 94 valence electrons. The summed E-state index contributed by atoms with van der Waals surface area (Å²) in [6, 6.07) is 2.00. The normalized spacial score (nSPS) is 19.7. The number of hydrogen-bond donors (Lipinski definition) is 1. The standard InChI is InChI=1S/C12H20N4O/c1-3-15(4-2)11-7-12(14-9-13-11)16-6-5-10(17)8-16/h7,9-10,17H,3-6,8H2,1-2H3. The van der Waals surface area contributed by atoms with Crippen molar-refractivity contribution in [1.29, 1.82) is 0 Å². The summed E-state index contributed by atoms with van der Waals surface area (Å²) in [6.07, 6.45) is 2.21. The molecule has 2 rings (SSSR count). The Kier molecular flexibility index (Phi) is 3.78. The van der Waals surface area contributed by atoms with Crippen molar-refractivity contribution in [2.45, 2.75) is 26.4 Å². The highest BCUT2D eigenvalue weighted by molar-refractivity contribution is 5.50. The fourth-order valence-electron chi connectivity index (χ4n) is 2.18. The van der Waals surface area contributed by atoms with Crippen molar-refractivity contribution in [3.05, 3.63) is 12.4 Å². The summed E-state index contributed by atoms with van der Waals surface area (Å²) in [5.41, 5.74) is 0. The van der Waals surface area contributed by atoms with Gasteiger partial charge < -0.3 is 14.9 Å². The number of anilines is 2. The van der Waals surface area contributed by atoms with E-state index in [-0.39, 0.29) is 6.10 Å². The molecule has 0 aliphatic carbocycles. The van der Waals surface area contributed by atoms with Gasteiger partial charge in [-0.3, -0.25) is 0 Å². The minimum Gasteiger partial charge on any atom is -0.391 e. The van der Waals surface area contributed by atoms with Crippen LogP contribution in [0.15, 0.2) is 12.4 Å². The third-order valence-corrected chi connectivity index (χ3v) is 3.21. The Balaban J connectivity index is 2.16. The molecule has 1 atom stereocenters. The second-order valence-corrected chi connectivity index (χ2v) is 4.30. The van der Waals surface area contributed by atoms with Gasteiger partial charge in [-0.05, 0) is 20.3 Å². The number of hydrogen-bond acceptors (Lipinski definition) is 5. The first kappa shape index (κ1) is 12.1. The monoisotopic (exact) mass is 236 g/mol. The Bertz CT molecular complexity index is 367. The van der Waals surface area contributed by atoms with Crippen molar-refractivity contribution in [3.8, 4) is 0 Å². The van der Waals surface area contributed by atoms with E-state index >= 15 is 0 Å². The van der Waals surface area contributed by atoms with E-state index in [1.165, 1.54) is 0 Å². The highest BCUT2D eigenvalue weighted by atomic mass is 16.3. The Morgan fingerprint density at radius 1 is 1.41 bits per heavy atom. The lowest BCUT2D eigenvalue weighted by Gasteiger charge is -2.22. The van der Waals surface area contributed by atoms with Crippen molar-refractivity contribution >= 4 is 11.6 Å². The van der Waals surface area contributed by atoms with Gasteiger partial charge >= 0.3 is 0 Å². The summed E-state index contributed by atoms with van der Waals surface area (Å²) in [6.45, 7) is 7.66. The topological polar surface area (TPSA) is 52.5 Å². The van der Waals surface area contributed by atoms with Gasteiger partial charge in [0.1, 0.15) is 18.0 Å². The van der Waals surface area contributed by atoms with E-state index in [2.05, 4.69) is 33.6 Å². The molecule has 1 unspecified atom stereocenters. The molecular weight excluding hydrogens is 216 g/mol. The molecule has 1 N–H and O–H groups in total. The third kappa shape index (κ3) is 2.66. The molecular formula is C12H20N4O. The van der Waals surface area contributed by atoms with Gasteiger partial charge in [-0.1, -0.05) is 0 Å². The first-order chi connectivity index (χ1) is 8.24. The molecule has 5 nitrogen and oxygen atoms in total. The summed E-state index contributed by atoms with van der Waals surface area (Å²) in [4.78, 5) is 12.9. The van der Waals surface area contributed by atoms with Crippen LogP contribution in [0.1, 0.15) is 20.3 Å². The number of aliphatic hydroxyl groups excluding tert-OH is 1. The Labute approximate surface area is 102 Å². The average Bonchev–Trinajstić information content (AvgIpc) is 2.78. The smallest absolute Gasteiger partial charge is 0.134 e. The Morgan fingerprint density at radius 2 is 2.18 bits per heavy atom. The molecule has 0 radical (unpaired) electrons. The fourth-order valence-corrected chi connectivity index (χ4v) is 2.18. The van der Waals surface area contributed by atoms with Crippen molar-refractivity contribution in [1.82, 2.24) is 9.97 Å². The zero-order valence-corrected chi connectivity index (χ0v) is 10.5. The van der Waals surface area contributed by atoms with Gasteiger partial charge in [0, 0.05) is 32.2 Å². The lowest BCUT2D eigenvalue weighted by molar-refractivity contribution is 0.198. The van der Waals surface area contributed by atoms with Gasteiger partial charge in [-0.2, -0.15) is 0 Å². The molecule has 0 saturated carbocycles. The van der Waals surface area contributed by atoms with Gasteiger partial charge in [0.15, 0.2) is 0 Å². The van der Waals surface area contributed by atoms with Crippen LogP contribution in [0.5, 0.6) is 0 Å². The quantitative estimate of drug-likeness (QED) is 0.841. The summed E-state index contributed by atoms with van der Waals surface area (Å²) in [5.74, 6) is 1.87. The van der Waals surface area contributed by atoms with E-state index in [1.54, 1.807) is 6.33 Å². The minimum atomic E-state index is -0.220. The molecule has 5 heteroatoms. The van der Waals surface area contributed by atoms with Crippen LogP contribution in [-0.2, 0) is 0 Å². The summed E-state index contributed by atoms with van der Waals surface area (Å²) >= 11 is 0. The summed E-state index contributed by atoms with van der Waals surface area (Å²) < 4.78 is 0. The second kappa shape index (κ2) is 5.31. The van der Waals surface area contributed by atoms with E-state index < -0.39 is 0 Å². The molecule has 2 heterocycles. The van der Waals surface area contributed by atoms with Crippen molar-refractivity contribution in [2.24, 2.45) is 0 Å². The third-order valence-electron chi connectivity index (χ3n) is 3.21. The fraction of sp³-hybridized carbons (Fsp3) is 0.667. The minimum absolute atomic E-state index is 0.220. The molecule has 1 saturated heterocycles.